The van der Waals surface area contributed by atoms with Crippen molar-refractivity contribution >= 4 is 18.5 Å². The number of rotatable bonds is 6. The highest BCUT2D eigenvalue weighted by molar-refractivity contribution is 5.85. The molecule has 0 aromatic heterocycles. The Bertz CT molecular complexity index is 978. The average molecular weight is 438 g/mol. The van der Waals surface area contributed by atoms with Crippen molar-refractivity contribution < 1.29 is 14.3 Å². The molecule has 0 saturated carbocycles. The van der Waals surface area contributed by atoms with Crippen LogP contribution in [0.1, 0.15) is 34.6 Å². The Balaban J connectivity index is 0.00000272. The quantitative estimate of drug-likeness (QED) is 0.535. The van der Waals surface area contributed by atoms with Crippen LogP contribution in [-0.4, -0.2) is 19.7 Å². The number of nitrogens with one attached hydrogen (secondary N) is 1. The van der Waals surface area contributed by atoms with Gasteiger partial charge in [0.1, 0.15) is 12.4 Å². The second kappa shape index (κ2) is 10.9. The summed E-state index contributed by atoms with van der Waals surface area (Å²) in [5, 5.41) is 2.99. The molecule has 0 fully saturated rings. The number of methoxy groups -OCH3 is 1. The minimum absolute atomic E-state index is 0. The number of ether oxygens (including phenoxy) is 2. The molecule has 2 atom stereocenters. The predicted octanol–water partition coefficient (Wildman–Crippen LogP) is 5.74. The van der Waals surface area contributed by atoms with E-state index >= 15 is 0 Å². The van der Waals surface area contributed by atoms with Gasteiger partial charge < -0.3 is 14.8 Å². The van der Waals surface area contributed by atoms with Crippen molar-refractivity contribution in [2.24, 2.45) is 5.92 Å². The highest BCUT2D eigenvalue weighted by Crippen LogP contribution is 2.41. The molecule has 1 aliphatic carbocycles. The van der Waals surface area contributed by atoms with Crippen molar-refractivity contribution in [3.8, 4) is 5.75 Å². The lowest BCUT2D eigenvalue weighted by Crippen LogP contribution is -2.35. The van der Waals surface area contributed by atoms with Crippen molar-refractivity contribution in [2.75, 3.05) is 13.7 Å². The van der Waals surface area contributed by atoms with E-state index in [1.165, 1.54) is 16.7 Å². The van der Waals surface area contributed by atoms with E-state index in [1.54, 1.807) is 7.11 Å². The molecule has 0 spiro atoms. The summed E-state index contributed by atoms with van der Waals surface area (Å²) < 4.78 is 10.8. The lowest BCUT2D eigenvalue weighted by molar-refractivity contribution is 0.137. The summed E-state index contributed by atoms with van der Waals surface area (Å²) in [5.74, 6) is 1.43. The first-order valence-electron chi connectivity index (χ1n) is 10.4. The molecule has 4 rings (SSSR count). The second-order valence-corrected chi connectivity index (χ2v) is 7.69. The van der Waals surface area contributed by atoms with Crippen LogP contribution in [0.25, 0.3) is 0 Å². The van der Waals surface area contributed by atoms with Gasteiger partial charge in [-0.15, -0.1) is 12.4 Å². The van der Waals surface area contributed by atoms with E-state index in [0.29, 0.717) is 12.5 Å². The van der Waals surface area contributed by atoms with Gasteiger partial charge in [-0.05, 0) is 53.1 Å². The molecule has 0 radical (unpaired) electrons. The summed E-state index contributed by atoms with van der Waals surface area (Å²) in [7, 11) is 1.70. The molecule has 31 heavy (non-hydrogen) atoms. The number of hydrogen-bond acceptors (Lipinski definition) is 3. The summed E-state index contributed by atoms with van der Waals surface area (Å²) in [6, 6.07) is 26.6. The Morgan fingerprint density at radius 3 is 2.42 bits per heavy atom. The SMILES string of the molecule is COc1ccc2c(c1)CC[C@H](CNC(=O)OCc1ccccc1)[C@@H]2c1ccccc1.Cl. The fourth-order valence-corrected chi connectivity index (χ4v) is 4.31. The minimum Gasteiger partial charge on any atom is -0.497 e. The van der Waals surface area contributed by atoms with Gasteiger partial charge in [-0.25, -0.2) is 4.79 Å². The number of carbonyl (C=O) groups excluding carboxylic acids is 1. The lowest BCUT2D eigenvalue weighted by atomic mass is 9.72. The Labute approximate surface area is 190 Å². The van der Waals surface area contributed by atoms with Crippen LogP contribution in [0.15, 0.2) is 78.9 Å². The standard InChI is InChI=1S/C26H27NO3.ClH/c1-29-23-14-15-24-21(16-23)12-13-22(25(24)20-10-6-3-7-11-20)17-27-26(28)30-18-19-8-4-2-5-9-19;/h2-11,14-16,22,25H,12-13,17-18H2,1H3,(H,27,28);1H/t22-,25+;/m1./s1. The van der Waals surface area contributed by atoms with Gasteiger partial charge in [-0.2, -0.15) is 0 Å². The van der Waals surface area contributed by atoms with E-state index in [0.717, 1.165) is 24.2 Å². The van der Waals surface area contributed by atoms with Gasteiger partial charge in [-0.3, -0.25) is 0 Å². The lowest BCUT2D eigenvalue weighted by Gasteiger charge is -2.34. The van der Waals surface area contributed by atoms with Gasteiger partial charge in [0, 0.05) is 12.5 Å². The molecule has 0 bridgehead atoms. The number of hydrogen-bond donors (Lipinski definition) is 1. The first-order chi connectivity index (χ1) is 14.7. The van der Waals surface area contributed by atoms with Crippen molar-refractivity contribution in [3.05, 3.63) is 101 Å². The third-order valence-electron chi connectivity index (χ3n) is 5.82. The van der Waals surface area contributed by atoms with Crippen LogP contribution >= 0.6 is 12.4 Å². The number of benzene rings is 3. The maximum Gasteiger partial charge on any atom is 0.407 e. The van der Waals surface area contributed by atoms with Gasteiger partial charge in [0.25, 0.3) is 0 Å². The number of halogens is 1. The molecule has 0 unspecified atom stereocenters. The number of amides is 1. The number of alkyl carbamates (subject to hydrolysis) is 1. The van der Waals surface area contributed by atoms with E-state index in [4.69, 9.17) is 9.47 Å². The molecule has 0 saturated heterocycles. The van der Waals surface area contributed by atoms with E-state index in [1.807, 2.05) is 42.5 Å². The van der Waals surface area contributed by atoms with E-state index in [9.17, 15) is 4.79 Å². The van der Waals surface area contributed by atoms with Crippen LogP contribution < -0.4 is 10.1 Å². The van der Waals surface area contributed by atoms with Crippen LogP contribution in [0, 0.1) is 5.92 Å². The van der Waals surface area contributed by atoms with E-state index < -0.39 is 0 Å². The maximum atomic E-state index is 12.3. The first kappa shape index (κ1) is 22.7. The average Bonchev–Trinajstić information content (AvgIpc) is 2.81. The van der Waals surface area contributed by atoms with Gasteiger partial charge in [0.15, 0.2) is 0 Å². The molecule has 0 heterocycles. The van der Waals surface area contributed by atoms with E-state index in [2.05, 4.69) is 41.7 Å². The monoisotopic (exact) mass is 437 g/mol. The van der Waals surface area contributed by atoms with Crippen molar-refractivity contribution in [1.29, 1.82) is 0 Å². The fraction of sp³-hybridized carbons (Fsp3) is 0.269. The highest BCUT2D eigenvalue weighted by Gasteiger charge is 2.31. The van der Waals surface area contributed by atoms with Gasteiger partial charge in [-0.1, -0.05) is 66.7 Å². The largest absolute Gasteiger partial charge is 0.497 e. The molecule has 162 valence electrons. The summed E-state index contributed by atoms with van der Waals surface area (Å²) in [5.41, 5.74) is 4.90. The van der Waals surface area contributed by atoms with Gasteiger partial charge in [0.05, 0.1) is 7.11 Å². The zero-order chi connectivity index (χ0) is 20.8. The minimum atomic E-state index is -0.369. The third kappa shape index (κ3) is 5.59. The Hall–Kier alpha value is -2.98. The highest BCUT2D eigenvalue weighted by atomic mass is 35.5. The summed E-state index contributed by atoms with van der Waals surface area (Å²) in [6.07, 6.45) is 1.60. The van der Waals surface area contributed by atoms with Crippen LogP contribution in [0.2, 0.25) is 0 Å². The Kier molecular flexibility index (Phi) is 7.96. The molecule has 3 aromatic rings. The number of carbonyl (C=O) groups is 1. The van der Waals surface area contributed by atoms with Crippen LogP contribution in [-0.2, 0) is 17.8 Å². The van der Waals surface area contributed by atoms with E-state index in [-0.39, 0.29) is 31.0 Å². The zero-order valence-corrected chi connectivity index (χ0v) is 18.4. The van der Waals surface area contributed by atoms with Gasteiger partial charge >= 0.3 is 6.09 Å². The van der Waals surface area contributed by atoms with Crippen molar-refractivity contribution in [1.82, 2.24) is 5.32 Å². The summed E-state index contributed by atoms with van der Waals surface area (Å²) in [4.78, 5) is 12.3. The molecule has 0 aliphatic heterocycles. The molecule has 4 nitrogen and oxygen atoms in total. The van der Waals surface area contributed by atoms with Crippen LogP contribution in [0.4, 0.5) is 4.79 Å². The van der Waals surface area contributed by atoms with Crippen molar-refractivity contribution in [2.45, 2.75) is 25.4 Å². The predicted molar refractivity (Wildman–Crippen MR) is 125 cm³/mol. The maximum absolute atomic E-state index is 12.3. The molecule has 3 aromatic carbocycles. The molecular formula is C26H28ClNO3. The zero-order valence-electron chi connectivity index (χ0n) is 17.6. The fourth-order valence-electron chi connectivity index (χ4n) is 4.31. The number of fused-ring (bicyclic) bond motifs is 1. The van der Waals surface area contributed by atoms with Crippen molar-refractivity contribution in [3.63, 3.8) is 0 Å². The molecule has 1 amide bonds. The molecule has 1 aliphatic rings. The molecular weight excluding hydrogens is 410 g/mol. The van der Waals surface area contributed by atoms with Crippen LogP contribution in [0.5, 0.6) is 5.75 Å². The Morgan fingerprint density at radius 1 is 1.00 bits per heavy atom. The summed E-state index contributed by atoms with van der Waals surface area (Å²) in [6.45, 7) is 0.862. The topological polar surface area (TPSA) is 47.6 Å². The first-order valence-corrected chi connectivity index (χ1v) is 10.4. The smallest absolute Gasteiger partial charge is 0.407 e. The van der Waals surface area contributed by atoms with Gasteiger partial charge in [0.2, 0.25) is 0 Å². The summed E-state index contributed by atoms with van der Waals surface area (Å²) >= 11 is 0. The number of aryl methyl sites for hydroxylation is 1. The third-order valence-corrected chi connectivity index (χ3v) is 5.82. The second-order valence-electron chi connectivity index (χ2n) is 7.69. The Morgan fingerprint density at radius 2 is 1.71 bits per heavy atom. The molecule has 1 N–H and O–H groups in total. The van der Waals surface area contributed by atoms with Crippen LogP contribution in [0.3, 0.4) is 0 Å². The molecule has 5 heteroatoms. The normalized spacial score (nSPS) is 17.1.